The van der Waals surface area contributed by atoms with Gasteiger partial charge in [-0.1, -0.05) is 13.8 Å². The first-order valence-electron chi connectivity index (χ1n) is 5.39. The van der Waals surface area contributed by atoms with Crippen LogP contribution in [0.15, 0.2) is 0 Å². The minimum Gasteiger partial charge on any atom is -0.309 e. The summed E-state index contributed by atoms with van der Waals surface area (Å²) in [5.41, 5.74) is 0. The fraction of sp³-hybridized carbons (Fsp3) is 1.00. The van der Waals surface area contributed by atoms with Crippen LogP contribution in [-0.4, -0.2) is 50.6 Å². The van der Waals surface area contributed by atoms with Crippen molar-refractivity contribution in [2.24, 2.45) is 5.92 Å². The molecule has 1 atom stereocenters. The summed E-state index contributed by atoms with van der Waals surface area (Å²) in [5, 5.41) is 0. The average Bonchev–Trinajstić information content (AvgIpc) is 2.01. The van der Waals surface area contributed by atoms with Gasteiger partial charge in [-0.25, -0.2) is 0 Å². The van der Waals surface area contributed by atoms with Crippen molar-refractivity contribution in [2.75, 3.05) is 40.8 Å². The third kappa shape index (κ3) is 8.26. The first kappa shape index (κ1) is 12.9. The second-order valence-corrected chi connectivity index (χ2v) is 4.46. The van der Waals surface area contributed by atoms with E-state index in [0.717, 1.165) is 5.92 Å². The lowest BCUT2D eigenvalue weighted by Gasteiger charge is -2.21. The van der Waals surface area contributed by atoms with Crippen LogP contribution in [0.5, 0.6) is 0 Å². The lowest BCUT2D eigenvalue weighted by Crippen LogP contribution is -2.27. The van der Waals surface area contributed by atoms with Crippen LogP contribution in [-0.2, 0) is 0 Å². The quantitative estimate of drug-likeness (QED) is 0.599. The Bertz CT molecular complexity index is 113. The summed E-state index contributed by atoms with van der Waals surface area (Å²) < 4.78 is 0. The molecule has 0 spiro atoms. The topological polar surface area (TPSA) is 6.48 Å². The van der Waals surface area contributed by atoms with Crippen molar-refractivity contribution in [3.63, 3.8) is 0 Å². The Labute approximate surface area is 83.9 Å². The average molecular weight is 186 g/mol. The van der Waals surface area contributed by atoms with E-state index in [4.69, 9.17) is 0 Å². The molecule has 0 heterocycles. The highest BCUT2D eigenvalue weighted by Crippen LogP contribution is 2.04. The zero-order valence-electron chi connectivity index (χ0n) is 10.0. The second kappa shape index (κ2) is 7.34. The number of hydrogen-bond acceptors (Lipinski definition) is 2. The standard InChI is InChI=1S/C11H26N2/c1-6-8-13(5)10-11(2)7-9-12(3)4/h11H,6-10H2,1-5H3. The summed E-state index contributed by atoms with van der Waals surface area (Å²) >= 11 is 0. The van der Waals surface area contributed by atoms with Crippen molar-refractivity contribution in [2.45, 2.75) is 26.7 Å². The van der Waals surface area contributed by atoms with Gasteiger partial charge in [-0.3, -0.25) is 0 Å². The molecule has 0 aromatic rings. The van der Waals surface area contributed by atoms with Gasteiger partial charge in [0, 0.05) is 6.54 Å². The Balaban J connectivity index is 3.43. The molecule has 0 saturated heterocycles. The molecule has 0 saturated carbocycles. The molecule has 0 aliphatic heterocycles. The lowest BCUT2D eigenvalue weighted by molar-refractivity contribution is 0.261. The summed E-state index contributed by atoms with van der Waals surface area (Å²) in [5.74, 6) is 0.818. The van der Waals surface area contributed by atoms with Crippen molar-refractivity contribution in [3.8, 4) is 0 Å². The lowest BCUT2D eigenvalue weighted by atomic mass is 10.1. The van der Waals surface area contributed by atoms with E-state index < -0.39 is 0 Å². The molecule has 2 heteroatoms. The predicted octanol–water partition coefficient (Wildman–Crippen LogP) is 1.92. The van der Waals surface area contributed by atoms with Crippen molar-refractivity contribution < 1.29 is 0 Å². The maximum absolute atomic E-state index is 2.43. The SMILES string of the molecule is CCCN(C)CC(C)CCN(C)C. The van der Waals surface area contributed by atoms with Gasteiger partial charge in [0.15, 0.2) is 0 Å². The molecular formula is C11H26N2. The molecule has 0 amide bonds. The zero-order chi connectivity index (χ0) is 10.3. The molecule has 0 bridgehead atoms. The monoisotopic (exact) mass is 186 g/mol. The van der Waals surface area contributed by atoms with Gasteiger partial charge in [-0.2, -0.15) is 0 Å². The van der Waals surface area contributed by atoms with Crippen LogP contribution < -0.4 is 0 Å². The molecule has 0 rings (SSSR count). The fourth-order valence-corrected chi connectivity index (χ4v) is 1.57. The van der Waals surface area contributed by atoms with Crippen molar-refractivity contribution in [1.82, 2.24) is 9.80 Å². The first-order chi connectivity index (χ1) is 6.06. The molecule has 2 nitrogen and oxygen atoms in total. The normalized spacial score (nSPS) is 14.1. The maximum atomic E-state index is 2.43. The van der Waals surface area contributed by atoms with Crippen molar-refractivity contribution in [1.29, 1.82) is 0 Å². The molecule has 0 fully saturated rings. The fourth-order valence-electron chi connectivity index (χ4n) is 1.57. The van der Waals surface area contributed by atoms with Crippen LogP contribution in [0.4, 0.5) is 0 Å². The van der Waals surface area contributed by atoms with Gasteiger partial charge in [-0.05, 0) is 53.0 Å². The Morgan fingerprint density at radius 1 is 1.08 bits per heavy atom. The summed E-state index contributed by atoms with van der Waals surface area (Å²) in [7, 11) is 6.50. The van der Waals surface area contributed by atoms with Gasteiger partial charge in [0.25, 0.3) is 0 Å². The van der Waals surface area contributed by atoms with E-state index in [9.17, 15) is 0 Å². The smallest absolute Gasteiger partial charge is 0.000444 e. The number of hydrogen-bond donors (Lipinski definition) is 0. The van der Waals surface area contributed by atoms with E-state index in [-0.39, 0.29) is 0 Å². The third-order valence-electron chi connectivity index (χ3n) is 2.30. The molecule has 0 radical (unpaired) electrons. The molecule has 0 aromatic carbocycles. The van der Waals surface area contributed by atoms with Gasteiger partial charge < -0.3 is 9.80 Å². The Hall–Kier alpha value is -0.0800. The van der Waals surface area contributed by atoms with Crippen LogP contribution in [0, 0.1) is 5.92 Å². The predicted molar refractivity (Wildman–Crippen MR) is 60.1 cm³/mol. The first-order valence-corrected chi connectivity index (χ1v) is 5.39. The van der Waals surface area contributed by atoms with Crippen molar-refractivity contribution >= 4 is 0 Å². The van der Waals surface area contributed by atoms with E-state index >= 15 is 0 Å². The van der Waals surface area contributed by atoms with Gasteiger partial charge in [0.2, 0.25) is 0 Å². The molecule has 0 aromatic heterocycles. The third-order valence-corrected chi connectivity index (χ3v) is 2.30. The molecule has 0 N–H and O–H groups in total. The highest BCUT2D eigenvalue weighted by Gasteiger charge is 2.05. The van der Waals surface area contributed by atoms with Gasteiger partial charge >= 0.3 is 0 Å². The molecule has 1 unspecified atom stereocenters. The molecule has 0 aliphatic carbocycles. The summed E-state index contributed by atoms with van der Waals surface area (Å²) in [6, 6.07) is 0. The Morgan fingerprint density at radius 3 is 2.15 bits per heavy atom. The maximum Gasteiger partial charge on any atom is 0.000444 e. The Morgan fingerprint density at radius 2 is 1.69 bits per heavy atom. The van der Waals surface area contributed by atoms with Gasteiger partial charge in [0.1, 0.15) is 0 Å². The highest BCUT2D eigenvalue weighted by molar-refractivity contribution is 4.60. The molecular weight excluding hydrogens is 160 g/mol. The summed E-state index contributed by atoms with van der Waals surface area (Å²) in [6.07, 6.45) is 2.57. The molecule has 13 heavy (non-hydrogen) atoms. The molecule has 80 valence electrons. The van der Waals surface area contributed by atoms with Crippen molar-refractivity contribution in [3.05, 3.63) is 0 Å². The number of nitrogens with zero attached hydrogens (tertiary/aromatic N) is 2. The second-order valence-electron chi connectivity index (χ2n) is 4.46. The van der Waals surface area contributed by atoms with Gasteiger partial charge in [-0.15, -0.1) is 0 Å². The van der Waals surface area contributed by atoms with E-state index in [1.807, 2.05) is 0 Å². The van der Waals surface area contributed by atoms with Crippen LogP contribution in [0.2, 0.25) is 0 Å². The molecule has 0 aliphatic rings. The van der Waals surface area contributed by atoms with Gasteiger partial charge in [0.05, 0.1) is 0 Å². The van der Waals surface area contributed by atoms with Crippen LogP contribution in [0.1, 0.15) is 26.7 Å². The van der Waals surface area contributed by atoms with Crippen LogP contribution in [0.25, 0.3) is 0 Å². The minimum atomic E-state index is 0.818. The van der Waals surface area contributed by atoms with E-state index in [1.165, 1.54) is 32.5 Å². The van der Waals surface area contributed by atoms with Crippen LogP contribution >= 0.6 is 0 Å². The zero-order valence-corrected chi connectivity index (χ0v) is 10.0. The Kier molecular flexibility index (Phi) is 7.29. The summed E-state index contributed by atoms with van der Waals surface area (Å²) in [6.45, 7) is 8.26. The highest BCUT2D eigenvalue weighted by atomic mass is 15.1. The van der Waals surface area contributed by atoms with Crippen LogP contribution in [0.3, 0.4) is 0 Å². The summed E-state index contributed by atoms with van der Waals surface area (Å²) in [4.78, 5) is 4.69. The minimum absolute atomic E-state index is 0.818. The van der Waals surface area contributed by atoms with E-state index in [0.29, 0.717) is 0 Å². The van der Waals surface area contributed by atoms with E-state index in [2.05, 4.69) is 44.8 Å². The van der Waals surface area contributed by atoms with E-state index in [1.54, 1.807) is 0 Å². The largest absolute Gasteiger partial charge is 0.309 e. The number of rotatable bonds is 7.